The lowest BCUT2D eigenvalue weighted by atomic mass is 10.0. The smallest absolute Gasteiger partial charge is 0.248 e. The number of nitrogens with one attached hydrogen (secondary N) is 1. The standard InChI is InChI=1S/C23H19Br2N3O/c24-14-21-27-19-11-4-5-12-20(19)28(21)22(17-9-6-10-18(25)13-17)23(29)26-15-16-7-2-1-3-8-16/h1-13,22H,14-15H2,(H,26,29). The van der Waals surface area contributed by atoms with E-state index in [1.807, 2.05) is 83.4 Å². The van der Waals surface area contributed by atoms with Crippen molar-refractivity contribution in [3.05, 3.63) is 100 Å². The highest BCUT2D eigenvalue weighted by Gasteiger charge is 2.27. The van der Waals surface area contributed by atoms with Gasteiger partial charge in [-0.3, -0.25) is 4.79 Å². The molecule has 1 heterocycles. The van der Waals surface area contributed by atoms with Gasteiger partial charge in [0.25, 0.3) is 0 Å². The topological polar surface area (TPSA) is 46.9 Å². The van der Waals surface area contributed by atoms with Gasteiger partial charge in [-0.15, -0.1) is 0 Å². The van der Waals surface area contributed by atoms with Gasteiger partial charge in [0.1, 0.15) is 11.9 Å². The average Bonchev–Trinajstić information content (AvgIpc) is 3.12. The normalized spacial score (nSPS) is 12.1. The Balaban J connectivity index is 1.78. The van der Waals surface area contributed by atoms with Gasteiger partial charge in [-0.25, -0.2) is 4.98 Å². The molecule has 146 valence electrons. The van der Waals surface area contributed by atoms with E-state index in [-0.39, 0.29) is 5.91 Å². The Morgan fingerprint density at radius 1 is 1.00 bits per heavy atom. The fraction of sp³-hybridized carbons (Fsp3) is 0.130. The highest BCUT2D eigenvalue weighted by atomic mass is 79.9. The molecule has 0 bridgehead atoms. The van der Waals surface area contributed by atoms with Crippen molar-refractivity contribution in [2.75, 3.05) is 0 Å². The summed E-state index contributed by atoms with van der Waals surface area (Å²) < 4.78 is 2.95. The SMILES string of the molecule is O=C(NCc1ccccc1)C(c1cccc(Br)c1)n1c(CBr)nc2ccccc21. The summed E-state index contributed by atoms with van der Waals surface area (Å²) in [6, 6.07) is 25.2. The predicted molar refractivity (Wildman–Crippen MR) is 123 cm³/mol. The van der Waals surface area contributed by atoms with Crippen molar-refractivity contribution in [3.8, 4) is 0 Å². The third-order valence-electron chi connectivity index (χ3n) is 4.77. The van der Waals surface area contributed by atoms with Gasteiger partial charge in [-0.2, -0.15) is 0 Å². The van der Waals surface area contributed by atoms with Crippen LogP contribution >= 0.6 is 31.9 Å². The Labute approximate surface area is 186 Å². The second kappa shape index (κ2) is 8.93. The lowest BCUT2D eigenvalue weighted by Gasteiger charge is -2.22. The van der Waals surface area contributed by atoms with Gasteiger partial charge in [0, 0.05) is 11.0 Å². The number of nitrogens with zero attached hydrogens (tertiary/aromatic N) is 2. The minimum absolute atomic E-state index is 0.0719. The molecule has 0 fully saturated rings. The molecule has 3 aromatic carbocycles. The first-order valence-electron chi connectivity index (χ1n) is 9.26. The van der Waals surface area contributed by atoms with Gasteiger partial charge in [-0.1, -0.05) is 86.5 Å². The summed E-state index contributed by atoms with van der Waals surface area (Å²) in [5, 5.41) is 3.66. The van der Waals surface area contributed by atoms with Crippen molar-refractivity contribution in [3.63, 3.8) is 0 Å². The van der Waals surface area contributed by atoms with E-state index >= 15 is 0 Å². The van der Waals surface area contributed by atoms with Crippen LogP contribution in [0, 0.1) is 0 Å². The first-order valence-corrected chi connectivity index (χ1v) is 11.2. The van der Waals surface area contributed by atoms with Crippen molar-refractivity contribution < 1.29 is 4.79 Å². The fourth-order valence-corrected chi connectivity index (χ4v) is 4.27. The lowest BCUT2D eigenvalue weighted by molar-refractivity contribution is -0.123. The second-order valence-corrected chi connectivity index (χ2v) is 8.16. The number of carbonyl (C=O) groups excluding carboxylic acids is 1. The monoisotopic (exact) mass is 511 g/mol. The summed E-state index contributed by atoms with van der Waals surface area (Å²) in [6.07, 6.45) is 0. The molecular formula is C23H19Br2N3O. The van der Waals surface area contributed by atoms with Crippen LogP contribution in [-0.2, 0) is 16.7 Å². The number of fused-ring (bicyclic) bond motifs is 1. The van der Waals surface area contributed by atoms with E-state index in [0.717, 1.165) is 32.5 Å². The minimum Gasteiger partial charge on any atom is -0.350 e. The fourth-order valence-electron chi connectivity index (χ4n) is 3.45. The highest BCUT2D eigenvalue weighted by Crippen LogP contribution is 2.29. The van der Waals surface area contributed by atoms with Crippen molar-refractivity contribution >= 4 is 48.8 Å². The Kier molecular flexibility index (Phi) is 6.11. The number of alkyl halides is 1. The van der Waals surface area contributed by atoms with Gasteiger partial charge < -0.3 is 9.88 Å². The summed E-state index contributed by atoms with van der Waals surface area (Å²) >= 11 is 7.08. The summed E-state index contributed by atoms with van der Waals surface area (Å²) in [5.74, 6) is 0.739. The van der Waals surface area contributed by atoms with Gasteiger partial charge in [0.2, 0.25) is 5.91 Å². The van der Waals surface area contributed by atoms with Crippen LogP contribution in [0.25, 0.3) is 11.0 Å². The van der Waals surface area contributed by atoms with E-state index in [9.17, 15) is 4.79 Å². The van der Waals surface area contributed by atoms with E-state index in [4.69, 9.17) is 4.98 Å². The third-order valence-corrected chi connectivity index (χ3v) is 5.76. The number of para-hydroxylation sites is 2. The van der Waals surface area contributed by atoms with Crippen LogP contribution in [0.3, 0.4) is 0 Å². The van der Waals surface area contributed by atoms with E-state index in [1.54, 1.807) is 0 Å². The first kappa shape index (κ1) is 19.9. The summed E-state index contributed by atoms with van der Waals surface area (Å²) in [6.45, 7) is 0.473. The molecule has 0 saturated carbocycles. The molecule has 4 nitrogen and oxygen atoms in total. The van der Waals surface area contributed by atoms with E-state index in [1.165, 1.54) is 0 Å². The van der Waals surface area contributed by atoms with Crippen LogP contribution in [0.4, 0.5) is 0 Å². The Morgan fingerprint density at radius 3 is 2.52 bits per heavy atom. The molecular weight excluding hydrogens is 494 g/mol. The molecule has 0 aliphatic carbocycles. The zero-order valence-electron chi connectivity index (χ0n) is 15.6. The molecule has 4 rings (SSSR count). The van der Waals surface area contributed by atoms with Crippen molar-refractivity contribution in [1.29, 1.82) is 0 Å². The number of aromatic nitrogens is 2. The molecule has 4 aromatic rings. The van der Waals surface area contributed by atoms with E-state index in [0.29, 0.717) is 11.9 Å². The van der Waals surface area contributed by atoms with Crippen LogP contribution < -0.4 is 5.32 Å². The van der Waals surface area contributed by atoms with E-state index in [2.05, 4.69) is 37.2 Å². The van der Waals surface area contributed by atoms with E-state index < -0.39 is 6.04 Å². The average molecular weight is 513 g/mol. The lowest BCUT2D eigenvalue weighted by Crippen LogP contribution is -2.33. The number of hydrogen-bond acceptors (Lipinski definition) is 2. The zero-order chi connectivity index (χ0) is 20.2. The van der Waals surface area contributed by atoms with Gasteiger partial charge in [0.15, 0.2) is 0 Å². The number of benzene rings is 3. The summed E-state index contributed by atoms with van der Waals surface area (Å²) in [7, 11) is 0. The predicted octanol–water partition coefficient (Wildman–Crippen LogP) is 5.60. The maximum absolute atomic E-state index is 13.4. The minimum atomic E-state index is -0.531. The Bertz CT molecular complexity index is 1140. The van der Waals surface area contributed by atoms with Crippen LogP contribution in [0.5, 0.6) is 0 Å². The molecule has 0 spiro atoms. The van der Waals surface area contributed by atoms with Crippen molar-refractivity contribution in [2.45, 2.75) is 17.9 Å². The third kappa shape index (κ3) is 4.28. The highest BCUT2D eigenvalue weighted by molar-refractivity contribution is 9.10. The number of halogens is 2. The van der Waals surface area contributed by atoms with Crippen LogP contribution in [0.15, 0.2) is 83.3 Å². The maximum atomic E-state index is 13.4. The molecule has 0 aliphatic rings. The Morgan fingerprint density at radius 2 is 1.76 bits per heavy atom. The van der Waals surface area contributed by atoms with Crippen molar-refractivity contribution in [1.82, 2.24) is 14.9 Å². The summed E-state index contributed by atoms with van der Waals surface area (Å²) in [4.78, 5) is 18.2. The summed E-state index contributed by atoms with van der Waals surface area (Å²) in [5.41, 5.74) is 3.76. The molecule has 1 unspecified atom stereocenters. The van der Waals surface area contributed by atoms with Gasteiger partial charge >= 0.3 is 0 Å². The molecule has 1 atom stereocenters. The quantitative estimate of drug-likeness (QED) is 0.342. The molecule has 1 N–H and O–H groups in total. The molecule has 0 saturated heterocycles. The van der Waals surface area contributed by atoms with Gasteiger partial charge in [0.05, 0.1) is 16.4 Å². The Hall–Kier alpha value is -2.44. The number of amides is 1. The van der Waals surface area contributed by atoms with Gasteiger partial charge in [-0.05, 0) is 35.4 Å². The molecule has 0 aliphatic heterocycles. The largest absolute Gasteiger partial charge is 0.350 e. The van der Waals surface area contributed by atoms with Crippen LogP contribution in [0.2, 0.25) is 0 Å². The molecule has 29 heavy (non-hydrogen) atoms. The number of hydrogen-bond donors (Lipinski definition) is 1. The zero-order valence-corrected chi connectivity index (χ0v) is 18.7. The molecule has 0 radical (unpaired) electrons. The number of carbonyl (C=O) groups is 1. The van der Waals surface area contributed by atoms with Crippen LogP contribution in [-0.4, -0.2) is 15.5 Å². The molecule has 1 aromatic heterocycles. The molecule has 1 amide bonds. The first-order chi connectivity index (χ1) is 14.2. The second-order valence-electron chi connectivity index (χ2n) is 6.68. The maximum Gasteiger partial charge on any atom is 0.248 e. The number of rotatable bonds is 6. The van der Waals surface area contributed by atoms with Crippen LogP contribution in [0.1, 0.15) is 23.0 Å². The van der Waals surface area contributed by atoms with Crippen molar-refractivity contribution in [2.24, 2.45) is 0 Å². The molecule has 6 heteroatoms. The number of imidazole rings is 1.